The Hall–Kier alpha value is -3.22. The summed E-state index contributed by atoms with van der Waals surface area (Å²) in [7, 11) is 3.37. The van der Waals surface area contributed by atoms with Gasteiger partial charge in [-0.2, -0.15) is 0 Å². The normalized spacial score (nSPS) is 11.4. The first-order valence-electron chi connectivity index (χ1n) is 8.93. The topological polar surface area (TPSA) is 78.5 Å². The third kappa shape index (κ3) is 5.90. The summed E-state index contributed by atoms with van der Waals surface area (Å²) in [6.45, 7) is 1.54. The first-order valence-corrected chi connectivity index (χ1v) is 8.93. The van der Waals surface area contributed by atoms with E-state index in [-0.39, 0.29) is 23.9 Å². The van der Waals surface area contributed by atoms with Crippen LogP contribution in [0.2, 0.25) is 0 Å². The Morgan fingerprint density at radius 3 is 2.29 bits per heavy atom. The van der Waals surface area contributed by atoms with Gasteiger partial charge >= 0.3 is 0 Å². The lowest BCUT2D eigenvalue weighted by molar-refractivity contribution is -0.126. The number of amides is 3. The first kappa shape index (κ1) is 21.1. The fourth-order valence-electron chi connectivity index (χ4n) is 2.51. The van der Waals surface area contributed by atoms with E-state index < -0.39 is 17.8 Å². The minimum atomic E-state index is -0.799. The van der Waals surface area contributed by atoms with Gasteiger partial charge in [-0.1, -0.05) is 24.3 Å². The molecule has 0 aliphatic heterocycles. The Labute approximate surface area is 163 Å². The maximum absolute atomic E-state index is 13.6. The van der Waals surface area contributed by atoms with E-state index in [0.29, 0.717) is 12.0 Å². The molecule has 0 saturated carbocycles. The summed E-state index contributed by atoms with van der Waals surface area (Å²) >= 11 is 0. The number of carbonyl (C=O) groups excluding carboxylic acids is 3. The number of rotatable bonds is 7. The summed E-state index contributed by atoms with van der Waals surface area (Å²) in [4.78, 5) is 37.5. The molecular formula is C21H24FN3O3. The van der Waals surface area contributed by atoms with Crippen LogP contribution in [0, 0.1) is 5.82 Å². The van der Waals surface area contributed by atoms with Crippen molar-refractivity contribution < 1.29 is 18.8 Å². The Balaban J connectivity index is 1.82. The number of para-hydroxylation sites is 1. The molecule has 0 aliphatic carbocycles. The zero-order valence-corrected chi connectivity index (χ0v) is 16.2. The molecule has 0 bridgehead atoms. The summed E-state index contributed by atoms with van der Waals surface area (Å²) in [5.74, 6) is -1.40. The molecule has 0 aromatic heterocycles. The molecule has 0 fully saturated rings. The molecular weight excluding hydrogens is 361 g/mol. The smallest absolute Gasteiger partial charge is 0.253 e. The maximum atomic E-state index is 13.6. The minimum Gasteiger partial charge on any atom is -0.345 e. The van der Waals surface area contributed by atoms with Gasteiger partial charge in [-0.15, -0.1) is 0 Å². The van der Waals surface area contributed by atoms with E-state index in [1.165, 1.54) is 30.0 Å². The highest BCUT2D eigenvalue weighted by Gasteiger charge is 2.17. The number of nitrogens with zero attached hydrogens (tertiary/aromatic N) is 1. The molecule has 28 heavy (non-hydrogen) atoms. The van der Waals surface area contributed by atoms with Crippen molar-refractivity contribution in [2.24, 2.45) is 0 Å². The highest BCUT2D eigenvalue weighted by molar-refractivity contribution is 5.97. The van der Waals surface area contributed by atoms with Gasteiger partial charge in [0.15, 0.2) is 0 Å². The molecule has 0 aliphatic rings. The molecule has 1 atom stereocenters. The molecule has 7 heteroatoms. The summed E-state index contributed by atoms with van der Waals surface area (Å²) in [5, 5.41) is 5.05. The molecule has 6 nitrogen and oxygen atoms in total. The van der Waals surface area contributed by atoms with Crippen LogP contribution >= 0.6 is 0 Å². The van der Waals surface area contributed by atoms with Gasteiger partial charge in [-0.25, -0.2) is 4.39 Å². The Morgan fingerprint density at radius 1 is 1.04 bits per heavy atom. The number of carbonyl (C=O) groups is 3. The first-order chi connectivity index (χ1) is 13.3. The predicted molar refractivity (Wildman–Crippen MR) is 105 cm³/mol. The number of halogens is 1. The molecule has 2 aromatic rings. The lowest BCUT2D eigenvalue weighted by Gasteiger charge is -2.14. The number of benzene rings is 2. The van der Waals surface area contributed by atoms with Crippen LogP contribution in [0.25, 0.3) is 0 Å². The molecule has 0 radical (unpaired) electrons. The average Bonchev–Trinajstić information content (AvgIpc) is 2.67. The van der Waals surface area contributed by atoms with E-state index in [0.717, 1.165) is 5.56 Å². The van der Waals surface area contributed by atoms with Crippen molar-refractivity contribution in [2.75, 3.05) is 19.4 Å². The molecule has 1 unspecified atom stereocenters. The van der Waals surface area contributed by atoms with Crippen LogP contribution in [-0.4, -0.2) is 42.8 Å². The molecule has 2 N–H and O–H groups in total. The molecule has 2 rings (SSSR count). The van der Waals surface area contributed by atoms with Gasteiger partial charge in [0.05, 0.1) is 5.69 Å². The summed E-state index contributed by atoms with van der Waals surface area (Å²) in [6, 6.07) is 12.1. The molecule has 0 heterocycles. The lowest BCUT2D eigenvalue weighted by Crippen LogP contribution is -2.41. The second-order valence-corrected chi connectivity index (χ2v) is 6.65. The van der Waals surface area contributed by atoms with Crippen molar-refractivity contribution in [1.82, 2.24) is 10.2 Å². The van der Waals surface area contributed by atoms with Crippen LogP contribution in [0.4, 0.5) is 10.1 Å². The number of anilines is 1. The van der Waals surface area contributed by atoms with Crippen molar-refractivity contribution in [3.05, 3.63) is 65.5 Å². The van der Waals surface area contributed by atoms with Gasteiger partial charge in [-0.05, 0) is 43.2 Å². The van der Waals surface area contributed by atoms with E-state index in [1.807, 2.05) is 0 Å². The van der Waals surface area contributed by atoms with Crippen LogP contribution in [0.3, 0.4) is 0 Å². The minimum absolute atomic E-state index is 0.0703. The van der Waals surface area contributed by atoms with E-state index in [4.69, 9.17) is 0 Å². The summed E-state index contributed by atoms with van der Waals surface area (Å²) < 4.78 is 13.6. The molecule has 2 aromatic carbocycles. The highest BCUT2D eigenvalue weighted by atomic mass is 19.1. The number of nitrogens with one attached hydrogen (secondary N) is 2. The van der Waals surface area contributed by atoms with Crippen molar-refractivity contribution in [3.8, 4) is 0 Å². The zero-order chi connectivity index (χ0) is 20.7. The van der Waals surface area contributed by atoms with Crippen molar-refractivity contribution >= 4 is 23.4 Å². The fraction of sp³-hybridized carbons (Fsp3) is 0.286. The number of hydrogen-bond acceptors (Lipinski definition) is 3. The summed E-state index contributed by atoms with van der Waals surface area (Å²) in [6.07, 6.45) is 0.669. The summed E-state index contributed by atoms with van der Waals surface area (Å²) in [5.41, 5.74) is 1.56. The number of aryl methyl sites for hydroxylation is 1. The second kappa shape index (κ2) is 9.64. The monoisotopic (exact) mass is 385 g/mol. The van der Waals surface area contributed by atoms with Crippen LogP contribution in [0.5, 0.6) is 0 Å². The third-order valence-corrected chi connectivity index (χ3v) is 4.15. The van der Waals surface area contributed by atoms with Gasteiger partial charge in [0.2, 0.25) is 11.8 Å². The van der Waals surface area contributed by atoms with Crippen molar-refractivity contribution in [1.29, 1.82) is 0 Å². The van der Waals surface area contributed by atoms with Gasteiger partial charge in [0.1, 0.15) is 11.9 Å². The molecule has 0 spiro atoms. The third-order valence-electron chi connectivity index (χ3n) is 4.15. The van der Waals surface area contributed by atoms with Gasteiger partial charge in [-0.3, -0.25) is 14.4 Å². The maximum Gasteiger partial charge on any atom is 0.253 e. The van der Waals surface area contributed by atoms with Crippen molar-refractivity contribution in [2.45, 2.75) is 25.8 Å². The number of hydrogen-bond donors (Lipinski definition) is 2. The van der Waals surface area contributed by atoms with Gasteiger partial charge < -0.3 is 15.5 Å². The molecule has 0 saturated heterocycles. The van der Waals surface area contributed by atoms with Crippen LogP contribution in [0.1, 0.15) is 29.3 Å². The van der Waals surface area contributed by atoms with E-state index in [2.05, 4.69) is 10.6 Å². The van der Waals surface area contributed by atoms with Crippen LogP contribution in [0.15, 0.2) is 48.5 Å². The quantitative estimate of drug-likeness (QED) is 0.769. The van der Waals surface area contributed by atoms with Gasteiger partial charge in [0.25, 0.3) is 5.91 Å². The Kier molecular flexibility index (Phi) is 7.26. The second-order valence-electron chi connectivity index (χ2n) is 6.65. The van der Waals surface area contributed by atoms with E-state index in [1.54, 1.807) is 44.4 Å². The lowest BCUT2D eigenvalue weighted by atomic mass is 10.1. The molecule has 3 amide bonds. The van der Waals surface area contributed by atoms with Crippen molar-refractivity contribution in [3.63, 3.8) is 0 Å². The van der Waals surface area contributed by atoms with Crippen LogP contribution in [-0.2, 0) is 16.0 Å². The average molecular weight is 385 g/mol. The largest absolute Gasteiger partial charge is 0.345 e. The standard InChI is InChI=1S/C21H24FN3O3/c1-14(20(27)24-18-7-5-4-6-17(18)22)23-19(26)13-10-15-8-11-16(12-9-15)21(28)25(2)3/h4-9,11-12,14H,10,13H2,1-3H3,(H,23,26)(H,24,27). The van der Waals surface area contributed by atoms with Gasteiger partial charge in [0, 0.05) is 26.1 Å². The predicted octanol–water partition coefficient (Wildman–Crippen LogP) is 2.60. The molecule has 148 valence electrons. The van der Waals surface area contributed by atoms with Crippen LogP contribution < -0.4 is 10.6 Å². The highest BCUT2D eigenvalue weighted by Crippen LogP contribution is 2.13. The Bertz CT molecular complexity index is 850. The Morgan fingerprint density at radius 2 is 1.68 bits per heavy atom. The zero-order valence-electron chi connectivity index (χ0n) is 16.2. The SMILES string of the molecule is CC(NC(=O)CCc1ccc(C(=O)N(C)C)cc1)C(=O)Nc1ccccc1F. The fourth-order valence-corrected chi connectivity index (χ4v) is 2.51. The van der Waals surface area contributed by atoms with E-state index >= 15 is 0 Å². The van der Waals surface area contributed by atoms with E-state index in [9.17, 15) is 18.8 Å².